The minimum atomic E-state index is -0.729. The van der Waals surface area contributed by atoms with Crippen molar-refractivity contribution >= 4 is 29.0 Å². The van der Waals surface area contributed by atoms with Crippen molar-refractivity contribution in [2.45, 2.75) is 13.5 Å². The quantitative estimate of drug-likeness (QED) is 0.541. The van der Waals surface area contributed by atoms with Crippen LogP contribution in [0.2, 0.25) is 10.0 Å². The van der Waals surface area contributed by atoms with Gasteiger partial charge in [-0.05, 0) is 42.3 Å². The second kappa shape index (κ2) is 8.70. The number of nitrogens with zero attached hydrogens (tertiary/aromatic N) is 2. The zero-order valence-corrected chi connectivity index (χ0v) is 19.0. The van der Waals surface area contributed by atoms with Crippen LogP contribution in [0.5, 0.6) is 23.1 Å². The molecule has 1 aliphatic heterocycles. The van der Waals surface area contributed by atoms with Crippen LogP contribution in [0.1, 0.15) is 32.6 Å². The van der Waals surface area contributed by atoms with Crippen LogP contribution in [0.25, 0.3) is 0 Å². The van der Waals surface area contributed by atoms with Gasteiger partial charge in [0.15, 0.2) is 23.0 Å². The molecule has 8 nitrogen and oxygen atoms in total. The smallest absolute Gasteiger partial charge is 0.271 e. The highest BCUT2D eigenvalue weighted by atomic mass is 35.5. The maximum Gasteiger partial charge on any atom is 0.271 e. The number of aromatic hydroxyl groups is 1. The second-order valence-electron chi connectivity index (χ2n) is 7.19. The molecule has 33 heavy (non-hydrogen) atoms. The topological polar surface area (TPSA) is 111 Å². The predicted molar refractivity (Wildman–Crippen MR) is 120 cm³/mol. The van der Waals surface area contributed by atoms with Crippen LogP contribution in [0.15, 0.2) is 35.1 Å². The average molecular weight is 487 g/mol. The fourth-order valence-electron chi connectivity index (χ4n) is 3.62. The second-order valence-corrected chi connectivity index (χ2v) is 8.01. The van der Waals surface area contributed by atoms with Gasteiger partial charge in [-0.3, -0.25) is 14.2 Å². The molecule has 0 spiro atoms. The van der Waals surface area contributed by atoms with Crippen molar-refractivity contribution in [1.82, 2.24) is 4.57 Å². The van der Waals surface area contributed by atoms with E-state index in [1.165, 1.54) is 26.2 Å². The Bertz CT molecular complexity index is 1380. The standard InChI is InChI=1S/C23H16Cl2N2O6/c1-11-14(8-26)22(29)27(9-12-3-4-17-18(5-12)33-10-32-17)23(30)19(11)20(28)13-6-15(24)21(31-2)16(25)7-13/h3-7,30H,9-10H2,1-2H3. The van der Waals surface area contributed by atoms with E-state index >= 15 is 0 Å². The lowest BCUT2D eigenvalue weighted by Crippen LogP contribution is -2.27. The normalized spacial score (nSPS) is 11.8. The molecule has 0 atom stereocenters. The Hall–Kier alpha value is -3.67. The molecule has 0 saturated carbocycles. The van der Waals surface area contributed by atoms with E-state index in [1.807, 2.05) is 6.07 Å². The summed E-state index contributed by atoms with van der Waals surface area (Å²) in [6.45, 7) is 1.39. The number of ether oxygens (including phenoxy) is 3. The molecule has 2 heterocycles. The van der Waals surface area contributed by atoms with E-state index in [0.717, 1.165) is 4.57 Å². The van der Waals surface area contributed by atoms with Crippen LogP contribution in [-0.4, -0.2) is 29.4 Å². The number of halogens is 2. The number of hydrogen-bond donors (Lipinski definition) is 1. The van der Waals surface area contributed by atoms with E-state index in [9.17, 15) is 20.0 Å². The minimum absolute atomic E-state index is 0.0509. The Morgan fingerprint density at radius 1 is 1.21 bits per heavy atom. The first-order valence-electron chi connectivity index (χ1n) is 9.59. The van der Waals surface area contributed by atoms with Gasteiger partial charge in [0.05, 0.1) is 29.3 Å². The van der Waals surface area contributed by atoms with Crippen molar-refractivity contribution in [2.24, 2.45) is 0 Å². The molecule has 1 aromatic heterocycles. The maximum absolute atomic E-state index is 13.4. The van der Waals surface area contributed by atoms with Crippen LogP contribution in [0.3, 0.4) is 0 Å². The highest BCUT2D eigenvalue weighted by Crippen LogP contribution is 2.36. The van der Waals surface area contributed by atoms with Crippen molar-refractivity contribution in [2.75, 3.05) is 13.9 Å². The summed E-state index contributed by atoms with van der Waals surface area (Å²) < 4.78 is 16.7. The molecule has 4 rings (SSSR count). The summed E-state index contributed by atoms with van der Waals surface area (Å²) in [5.74, 6) is 0.00322. The largest absolute Gasteiger partial charge is 0.494 e. The van der Waals surface area contributed by atoms with Crippen LogP contribution in [-0.2, 0) is 6.54 Å². The van der Waals surface area contributed by atoms with E-state index in [0.29, 0.717) is 17.1 Å². The summed E-state index contributed by atoms with van der Waals surface area (Å²) in [6, 6.07) is 9.53. The number of benzene rings is 2. The zero-order valence-electron chi connectivity index (χ0n) is 17.4. The number of ketones is 1. The van der Waals surface area contributed by atoms with Crippen molar-refractivity contribution in [3.63, 3.8) is 0 Å². The molecule has 1 aliphatic rings. The van der Waals surface area contributed by atoms with Crippen LogP contribution in [0.4, 0.5) is 0 Å². The third kappa shape index (κ3) is 3.86. The number of aromatic nitrogens is 1. The molecule has 3 aromatic rings. The first kappa shape index (κ1) is 22.5. The third-order valence-corrected chi connectivity index (χ3v) is 5.83. The van der Waals surface area contributed by atoms with Crippen LogP contribution >= 0.6 is 23.2 Å². The highest BCUT2D eigenvalue weighted by molar-refractivity contribution is 6.38. The van der Waals surface area contributed by atoms with Gasteiger partial charge in [-0.1, -0.05) is 29.3 Å². The number of fused-ring (bicyclic) bond motifs is 1. The van der Waals surface area contributed by atoms with E-state index in [4.69, 9.17) is 37.4 Å². The third-order valence-electron chi connectivity index (χ3n) is 5.27. The molecule has 1 N–H and O–H groups in total. The van der Waals surface area contributed by atoms with Crippen molar-refractivity contribution in [1.29, 1.82) is 5.26 Å². The predicted octanol–water partition coefficient (Wildman–Crippen LogP) is 4.06. The first-order valence-corrected chi connectivity index (χ1v) is 10.3. The minimum Gasteiger partial charge on any atom is -0.494 e. The summed E-state index contributed by atoms with van der Waals surface area (Å²) in [7, 11) is 1.38. The van der Waals surface area contributed by atoms with E-state index in [2.05, 4.69) is 0 Å². The lowest BCUT2D eigenvalue weighted by Gasteiger charge is -2.16. The molecule has 0 bridgehead atoms. The van der Waals surface area contributed by atoms with Crippen molar-refractivity contribution in [3.8, 4) is 29.2 Å². The number of carbonyl (C=O) groups is 1. The Labute approximate surface area is 198 Å². The molecule has 0 saturated heterocycles. The fraction of sp³-hybridized carbons (Fsp3) is 0.174. The van der Waals surface area contributed by atoms with Crippen LogP contribution in [0, 0.1) is 18.3 Å². The van der Waals surface area contributed by atoms with Gasteiger partial charge >= 0.3 is 0 Å². The Balaban J connectivity index is 1.85. The molecule has 0 amide bonds. The van der Waals surface area contributed by atoms with Gasteiger partial charge in [0.25, 0.3) is 5.56 Å². The molecule has 0 aliphatic carbocycles. The summed E-state index contributed by atoms with van der Waals surface area (Å²) >= 11 is 12.3. The van der Waals surface area contributed by atoms with E-state index in [1.54, 1.807) is 18.2 Å². The Morgan fingerprint density at radius 3 is 2.52 bits per heavy atom. The Morgan fingerprint density at radius 2 is 1.88 bits per heavy atom. The number of methoxy groups -OCH3 is 1. The maximum atomic E-state index is 13.4. The summed E-state index contributed by atoms with van der Waals surface area (Å²) in [4.78, 5) is 26.3. The van der Waals surface area contributed by atoms with Gasteiger partial charge in [0.2, 0.25) is 12.7 Å². The van der Waals surface area contributed by atoms with Crippen molar-refractivity contribution in [3.05, 3.63) is 78.5 Å². The Kier molecular flexibility index (Phi) is 5.93. The van der Waals surface area contributed by atoms with E-state index in [-0.39, 0.29) is 51.4 Å². The van der Waals surface area contributed by atoms with Gasteiger partial charge in [-0.15, -0.1) is 0 Å². The molecular weight excluding hydrogens is 471 g/mol. The SMILES string of the molecule is COc1c(Cl)cc(C(=O)c2c(C)c(C#N)c(=O)n(Cc3ccc4c(c3)OCO4)c2O)cc1Cl. The molecule has 168 valence electrons. The van der Waals surface area contributed by atoms with Gasteiger partial charge in [-0.2, -0.15) is 5.26 Å². The fourth-order valence-corrected chi connectivity index (χ4v) is 4.26. The van der Waals surface area contributed by atoms with Gasteiger partial charge in [0, 0.05) is 5.56 Å². The van der Waals surface area contributed by atoms with Gasteiger partial charge < -0.3 is 19.3 Å². The average Bonchev–Trinajstić information content (AvgIpc) is 3.24. The van der Waals surface area contributed by atoms with Gasteiger partial charge in [0.1, 0.15) is 11.6 Å². The lowest BCUT2D eigenvalue weighted by atomic mass is 9.97. The van der Waals surface area contributed by atoms with Crippen molar-refractivity contribution < 1.29 is 24.1 Å². The van der Waals surface area contributed by atoms with Gasteiger partial charge in [-0.25, -0.2) is 0 Å². The van der Waals surface area contributed by atoms with E-state index < -0.39 is 17.2 Å². The first-order chi connectivity index (χ1) is 15.8. The monoisotopic (exact) mass is 486 g/mol. The molecule has 0 radical (unpaired) electrons. The zero-order chi connectivity index (χ0) is 23.9. The highest BCUT2D eigenvalue weighted by Gasteiger charge is 2.26. The summed E-state index contributed by atoms with van der Waals surface area (Å²) in [6.07, 6.45) is 0. The molecule has 0 fully saturated rings. The summed E-state index contributed by atoms with van der Waals surface area (Å²) in [5.41, 5.74) is -0.492. The number of hydrogen-bond acceptors (Lipinski definition) is 7. The number of pyridine rings is 1. The number of rotatable bonds is 5. The molecule has 2 aromatic carbocycles. The molecule has 10 heteroatoms. The molecular formula is C23H16Cl2N2O6. The summed E-state index contributed by atoms with van der Waals surface area (Å²) in [5, 5.41) is 20.8. The number of carbonyl (C=O) groups excluding carboxylic acids is 1. The van der Waals surface area contributed by atoms with Crippen LogP contribution < -0.4 is 19.8 Å². The lowest BCUT2D eigenvalue weighted by molar-refractivity contribution is 0.103. The molecule has 0 unspecified atom stereocenters. The number of nitriles is 1.